The van der Waals surface area contributed by atoms with Crippen molar-refractivity contribution in [2.45, 2.75) is 26.3 Å². The minimum absolute atomic E-state index is 0.638. The molecule has 2 rings (SSSR count). The summed E-state index contributed by atoms with van der Waals surface area (Å²) in [6.45, 7) is 4.85. The van der Waals surface area contributed by atoms with E-state index in [1.165, 1.54) is 12.8 Å². The fraction of sp³-hybridized carbons (Fsp3) is 0.727. The van der Waals surface area contributed by atoms with Crippen molar-refractivity contribution in [3.63, 3.8) is 0 Å². The van der Waals surface area contributed by atoms with Crippen molar-refractivity contribution in [1.82, 2.24) is 9.55 Å². The zero-order valence-corrected chi connectivity index (χ0v) is 9.49. The van der Waals surface area contributed by atoms with Crippen molar-refractivity contribution in [1.29, 1.82) is 0 Å². The lowest BCUT2D eigenvalue weighted by atomic mass is 10.0. The molecule has 1 aliphatic rings. The summed E-state index contributed by atoms with van der Waals surface area (Å²) in [6.07, 6.45) is 4.55. The van der Waals surface area contributed by atoms with E-state index in [1.807, 2.05) is 14.0 Å². The van der Waals surface area contributed by atoms with Gasteiger partial charge in [-0.2, -0.15) is 0 Å². The predicted octanol–water partition coefficient (Wildman–Crippen LogP) is 1.66. The Morgan fingerprint density at radius 3 is 3.20 bits per heavy atom. The molecule has 0 spiro atoms. The third-order valence-corrected chi connectivity index (χ3v) is 2.83. The van der Waals surface area contributed by atoms with Crippen LogP contribution in [0.1, 0.15) is 18.5 Å². The lowest BCUT2D eigenvalue weighted by Gasteiger charge is -2.22. The summed E-state index contributed by atoms with van der Waals surface area (Å²) in [5.74, 6) is 1.59. The van der Waals surface area contributed by atoms with Crippen molar-refractivity contribution in [3.8, 4) is 0 Å². The van der Waals surface area contributed by atoms with Gasteiger partial charge in [0.2, 0.25) is 5.95 Å². The molecule has 2 heterocycles. The SMILES string of the molecule is CNc1nc(C)cn1CC1CCCOC1. The molecule has 1 atom stereocenters. The molecule has 1 N–H and O–H groups in total. The second-order valence-corrected chi connectivity index (χ2v) is 4.19. The molecule has 4 nitrogen and oxygen atoms in total. The molecule has 1 aliphatic heterocycles. The number of hydrogen-bond donors (Lipinski definition) is 1. The van der Waals surface area contributed by atoms with E-state index in [9.17, 15) is 0 Å². The summed E-state index contributed by atoms with van der Waals surface area (Å²) in [7, 11) is 1.91. The smallest absolute Gasteiger partial charge is 0.202 e. The summed E-state index contributed by atoms with van der Waals surface area (Å²) < 4.78 is 7.67. The van der Waals surface area contributed by atoms with Crippen LogP contribution in [0.5, 0.6) is 0 Å². The first kappa shape index (κ1) is 10.5. The first-order valence-corrected chi connectivity index (χ1v) is 5.59. The molecule has 1 aromatic heterocycles. The summed E-state index contributed by atoms with van der Waals surface area (Å²) in [5.41, 5.74) is 1.07. The van der Waals surface area contributed by atoms with Gasteiger partial charge in [-0.25, -0.2) is 4.98 Å². The fourth-order valence-electron chi connectivity index (χ4n) is 2.12. The Kier molecular flexibility index (Phi) is 3.26. The Morgan fingerprint density at radius 1 is 1.67 bits per heavy atom. The minimum atomic E-state index is 0.638. The highest BCUT2D eigenvalue weighted by Crippen LogP contribution is 2.18. The van der Waals surface area contributed by atoms with E-state index in [4.69, 9.17) is 4.74 Å². The molecule has 15 heavy (non-hydrogen) atoms. The predicted molar refractivity (Wildman–Crippen MR) is 60.1 cm³/mol. The van der Waals surface area contributed by atoms with Crippen LogP contribution >= 0.6 is 0 Å². The Hall–Kier alpha value is -1.03. The van der Waals surface area contributed by atoms with Gasteiger partial charge in [0, 0.05) is 32.3 Å². The van der Waals surface area contributed by atoms with E-state index in [0.29, 0.717) is 5.92 Å². The van der Waals surface area contributed by atoms with E-state index < -0.39 is 0 Å². The molecule has 1 unspecified atom stereocenters. The van der Waals surface area contributed by atoms with Gasteiger partial charge in [0.25, 0.3) is 0 Å². The summed E-state index contributed by atoms with van der Waals surface area (Å²) >= 11 is 0. The van der Waals surface area contributed by atoms with E-state index in [2.05, 4.69) is 21.1 Å². The molecule has 84 valence electrons. The van der Waals surface area contributed by atoms with E-state index in [-0.39, 0.29) is 0 Å². The van der Waals surface area contributed by atoms with Gasteiger partial charge in [-0.15, -0.1) is 0 Å². The van der Waals surface area contributed by atoms with Crippen molar-refractivity contribution < 1.29 is 4.74 Å². The molecule has 0 amide bonds. The molecule has 1 fully saturated rings. The van der Waals surface area contributed by atoms with Gasteiger partial charge in [-0.05, 0) is 19.8 Å². The molecule has 0 radical (unpaired) electrons. The second-order valence-electron chi connectivity index (χ2n) is 4.19. The van der Waals surface area contributed by atoms with Crippen molar-refractivity contribution >= 4 is 5.95 Å². The van der Waals surface area contributed by atoms with Crippen LogP contribution in [-0.4, -0.2) is 29.8 Å². The first-order chi connectivity index (χ1) is 7.29. The number of hydrogen-bond acceptors (Lipinski definition) is 3. The highest BCUT2D eigenvalue weighted by atomic mass is 16.5. The topological polar surface area (TPSA) is 39.1 Å². The Morgan fingerprint density at radius 2 is 2.53 bits per heavy atom. The fourth-order valence-corrected chi connectivity index (χ4v) is 2.12. The average Bonchev–Trinajstić information content (AvgIpc) is 2.60. The highest BCUT2D eigenvalue weighted by molar-refractivity contribution is 5.27. The second kappa shape index (κ2) is 4.66. The van der Waals surface area contributed by atoms with E-state index >= 15 is 0 Å². The van der Waals surface area contributed by atoms with Crippen molar-refractivity contribution in [3.05, 3.63) is 11.9 Å². The van der Waals surface area contributed by atoms with Crippen LogP contribution in [0, 0.1) is 12.8 Å². The number of ether oxygens (including phenoxy) is 1. The number of imidazole rings is 1. The van der Waals surface area contributed by atoms with Gasteiger partial charge in [0.15, 0.2) is 0 Å². The van der Waals surface area contributed by atoms with Gasteiger partial charge < -0.3 is 14.6 Å². The molecule has 0 aliphatic carbocycles. The van der Waals surface area contributed by atoms with Crippen LogP contribution in [0.2, 0.25) is 0 Å². The van der Waals surface area contributed by atoms with Crippen molar-refractivity contribution in [2.75, 3.05) is 25.6 Å². The summed E-state index contributed by atoms with van der Waals surface area (Å²) in [6, 6.07) is 0. The molecule has 0 bridgehead atoms. The van der Waals surface area contributed by atoms with Crippen LogP contribution in [0.4, 0.5) is 5.95 Å². The van der Waals surface area contributed by atoms with Crippen LogP contribution in [0.25, 0.3) is 0 Å². The van der Waals surface area contributed by atoms with Crippen LogP contribution in [0.15, 0.2) is 6.20 Å². The summed E-state index contributed by atoms with van der Waals surface area (Å²) in [5, 5.41) is 3.12. The number of anilines is 1. The lowest BCUT2D eigenvalue weighted by molar-refractivity contribution is 0.0486. The summed E-state index contributed by atoms with van der Waals surface area (Å²) in [4.78, 5) is 4.41. The van der Waals surface area contributed by atoms with Crippen LogP contribution in [0.3, 0.4) is 0 Å². The maximum absolute atomic E-state index is 5.48. The first-order valence-electron chi connectivity index (χ1n) is 5.59. The van der Waals surface area contributed by atoms with Gasteiger partial charge in [-0.3, -0.25) is 0 Å². The third-order valence-electron chi connectivity index (χ3n) is 2.83. The molecular weight excluding hydrogens is 190 g/mol. The maximum atomic E-state index is 5.48. The van der Waals surface area contributed by atoms with Crippen molar-refractivity contribution in [2.24, 2.45) is 5.92 Å². The van der Waals surface area contributed by atoms with Gasteiger partial charge >= 0.3 is 0 Å². The number of rotatable bonds is 3. The molecule has 1 aromatic rings. The lowest BCUT2D eigenvalue weighted by Crippen LogP contribution is -2.22. The molecule has 1 saturated heterocycles. The van der Waals surface area contributed by atoms with E-state index in [0.717, 1.165) is 31.4 Å². The normalized spacial score (nSPS) is 21.6. The van der Waals surface area contributed by atoms with Crippen LogP contribution < -0.4 is 5.32 Å². The van der Waals surface area contributed by atoms with Crippen LogP contribution in [-0.2, 0) is 11.3 Å². The molecule has 0 aromatic carbocycles. The monoisotopic (exact) mass is 209 g/mol. The van der Waals surface area contributed by atoms with Gasteiger partial charge in [0.05, 0.1) is 12.3 Å². The number of aryl methyl sites for hydroxylation is 1. The largest absolute Gasteiger partial charge is 0.381 e. The molecular formula is C11H19N3O. The Bertz CT molecular complexity index is 316. The Labute approximate surface area is 90.6 Å². The molecule has 0 saturated carbocycles. The van der Waals surface area contributed by atoms with E-state index in [1.54, 1.807) is 0 Å². The Balaban J connectivity index is 2.02. The third kappa shape index (κ3) is 2.50. The maximum Gasteiger partial charge on any atom is 0.202 e. The number of nitrogens with one attached hydrogen (secondary N) is 1. The quantitative estimate of drug-likeness (QED) is 0.823. The zero-order valence-electron chi connectivity index (χ0n) is 9.49. The van der Waals surface area contributed by atoms with Gasteiger partial charge in [-0.1, -0.05) is 0 Å². The highest BCUT2D eigenvalue weighted by Gasteiger charge is 2.16. The number of aromatic nitrogens is 2. The zero-order chi connectivity index (χ0) is 10.7. The standard InChI is InChI=1S/C11H19N3O/c1-9-6-14(11(12-2)13-9)7-10-4-3-5-15-8-10/h6,10H,3-5,7-8H2,1-2H3,(H,12,13). The van der Waals surface area contributed by atoms with Gasteiger partial charge in [0.1, 0.15) is 0 Å². The molecule has 4 heteroatoms. The number of nitrogens with zero attached hydrogens (tertiary/aromatic N) is 2. The minimum Gasteiger partial charge on any atom is -0.381 e. The average molecular weight is 209 g/mol.